The van der Waals surface area contributed by atoms with Crippen LogP contribution in [0.2, 0.25) is 0 Å². The van der Waals surface area contributed by atoms with E-state index in [4.69, 9.17) is 4.74 Å². The van der Waals surface area contributed by atoms with Crippen molar-refractivity contribution in [2.24, 2.45) is 0 Å². The summed E-state index contributed by atoms with van der Waals surface area (Å²) in [5, 5.41) is 2.58. The lowest BCUT2D eigenvalue weighted by molar-refractivity contribution is 0.0865. The Morgan fingerprint density at radius 1 is 1.67 bits per heavy atom. The maximum absolute atomic E-state index is 12.7. The smallest absolute Gasteiger partial charge is 0.270 e. The van der Waals surface area contributed by atoms with Crippen LogP contribution >= 0.6 is 0 Å². The second-order valence-corrected chi connectivity index (χ2v) is 3.10. The highest BCUT2D eigenvalue weighted by molar-refractivity contribution is 5.92. The lowest BCUT2D eigenvalue weighted by atomic mass is 10.3. The molecule has 0 aliphatic rings. The van der Waals surface area contributed by atoms with Crippen molar-refractivity contribution < 1.29 is 13.9 Å². The van der Waals surface area contributed by atoms with Crippen LogP contribution in [0.4, 0.5) is 4.39 Å². The Morgan fingerprint density at radius 3 is 3.00 bits per heavy atom. The molecule has 0 saturated heterocycles. The Bertz CT molecular complexity index is 344. The average Bonchev–Trinajstić information content (AvgIpc) is 2.25. The van der Waals surface area contributed by atoms with Gasteiger partial charge in [0.05, 0.1) is 6.10 Å². The second kappa shape index (κ2) is 5.41. The van der Waals surface area contributed by atoms with Crippen molar-refractivity contribution in [2.75, 3.05) is 13.7 Å². The quantitative estimate of drug-likeness (QED) is 0.757. The molecule has 0 radical (unpaired) electrons. The first-order valence-electron chi connectivity index (χ1n) is 4.57. The van der Waals surface area contributed by atoms with Crippen LogP contribution in [-0.4, -0.2) is 30.6 Å². The zero-order valence-electron chi connectivity index (χ0n) is 8.66. The predicted molar refractivity (Wildman–Crippen MR) is 53.0 cm³/mol. The summed E-state index contributed by atoms with van der Waals surface area (Å²) in [4.78, 5) is 14.9. The topological polar surface area (TPSA) is 51.2 Å². The van der Waals surface area contributed by atoms with E-state index >= 15 is 0 Å². The molecule has 0 fully saturated rings. The number of nitrogens with zero attached hydrogens (tertiary/aromatic N) is 1. The Labute approximate surface area is 87.5 Å². The van der Waals surface area contributed by atoms with E-state index in [1.165, 1.54) is 18.2 Å². The van der Waals surface area contributed by atoms with Crippen LogP contribution in [0.1, 0.15) is 17.4 Å². The molecule has 1 unspecified atom stereocenters. The maximum atomic E-state index is 12.7. The molecule has 4 nitrogen and oxygen atoms in total. The molecule has 1 aromatic rings. The number of methoxy groups -OCH3 is 1. The number of hydrogen-bond donors (Lipinski definition) is 1. The number of aromatic nitrogens is 1. The fourth-order valence-corrected chi connectivity index (χ4v) is 0.945. The van der Waals surface area contributed by atoms with Crippen LogP contribution in [0.25, 0.3) is 0 Å². The maximum Gasteiger partial charge on any atom is 0.270 e. The molecule has 0 spiro atoms. The van der Waals surface area contributed by atoms with Gasteiger partial charge in [-0.25, -0.2) is 4.98 Å². The number of nitrogens with one attached hydrogen (secondary N) is 1. The summed E-state index contributed by atoms with van der Waals surface area (Å²) in [5.41, 5.74) is 0.0679. The van der Waals surface area contributed by atoms with E-state index in [9.17, 15) is 9.18 Å². The Balaban J connectivity index is 2.54. The fourth-order valence-electron chi connectivity index (χ4n) is 0.945. The third kappa shape index (κ3) is 3.63. The molecule has 1 atom stereocenters. The lowest BCUT2D eigenvalue weighted by Crippen LogP contribution is -2.32. The molecular weight excluding hydrogens is 199 g/mol. The minimum absolute atomic E-state index is 0.0679. The van der Waals surface area contributed by atoms with E-state index in [0.29, 0.717) is 6.54 Å². The largest absolute Gasteiger partial charge is 0.380 e. The zero-order chi connectivity index (χ0) is 11.3. The van der Waals surface area contributed by atoms with Gasteiger partial charge in [-0.1, -0.05) is 6.07 Å². The molecule has 0 saturated carbocycles. The van der Waals surface area contributed by atoms with E-state index in [-0.39, 0.29) is 11.8 Å². The molecule has 15 heavy (non-hydrogen) atoms. The van der Waals surface area contributed by atoms with Crippen LogP contribution in [0.15, 0.2) is 18.2 Å². The number of amides is 1. The lowest BCUT2D eigenvalue weighted by Gasteiger charge is -2.10. The van der Waals surface area contributed by atoms with Gasteiger partial charge in [-0.05, 0) is 19.1 Å². The summed E-state index contributed by atoms with van der Waals surface area (Å²) in [5.74, 6) is -1.07. The fraction of sp³-hybridized carbons (Fsp3) is 0.400. The molecule has 0 aliphatic carbocycles. The summed E-state index contributed by atoms with van der Waals surface area (Å²) in [6.07, 6.45) is -0.0810. The molecule has 82 valence electrons. The summed E-state index contributed by atoms with van der Waals surface area (Å²) in [6, 6.07) is 4.08. The third-order valence-electron chi connectivity index (χ3n) is 1.90. The number of halogens is 1. The molecule has 0 bridgehead atoms. The highest BCUT2D eigenvalue weighted by Crippen LogP contribution is 1.97. The van der Waals surface area contributed by atoms with Crippen molar-refractivity contribution in [3.05, 3.63) is 29.8 Å². The second-order valence-electron chi connectivity index (χ2n) is 3.10. The summed E-state index contributed by atoms with van der Waals surface area (Å²) >= 11 is 0. The van der Waals surface area contributed by atoms with Crippen LogP contribution in [0, 0.1) is 5.95 Å². The molecule has 1 rings (SSSR count). The standard InChI is InChI=1S/C10H13FN2O2/c1-7(15-2)6-12-10(14)8-4-3-5-9(11)13-8/h3-5,7H,6H2,1-2H3,(H,12,14). The van der Waals surface area contributed by atoms with Crippen molar-refractivity contribution in [3.8, 4) is 0 Å². The number of rotatable bonds is 4. The number of ether oxygens (including phenoxy) is 1. The normalized spacial score (nSPS) is 12.2. The van der Waals surface area contributed by atoms with Crippen LogP contribution < -0.4 is 5.32 Å². The molecular formula is C10H13FN2O2. The highest BCUT2D eigenvalue weighted by Gasteiger charge is 2.08. The Morgan fingerprint density at radius 2 is 2.40 bits per heavy atom. The Hall–Kier alpha value is -1.49. The molecule has 1 heterocycles. The summed E-state index contributed by atoms with van der Waals surface area (Å²) in [7, 11) is 1.55. The average molecular weight is 212 g/mol. The van der Waals surface area contributed by atoms with E-state index in [1.807, 2.05) is 6.92 Å². The van der Waals surface area contributed by atoms with Crippen LogP contribution in [0.3, 0.4) is 0 Å². The highest BCUT2D eigenvalue weighted by atomic mass is 19.1. The Kier molecular flexibility index (Phi) is 4.17. The van der Waals surface area contributed by atoms with Gasteiger partial charge < -0.3 is 10.1 Å². The predicted octanol–water partition coefficient (Wildman–Crippen LogP) is 0.985. The van der Waals surface area contributed by atoms with Crippen molar-refractivity contribution in [2.45, 2.75) is 13.0 Å². The molecule has 1 aromatic heterocycles. The van der Waals surface area contributed by atoms with Gasteiger partial charge in [-0.15, -0.1) is 0 Å². The minimum atomic E-state index is -0.664. The SMILES string of the molecule is COC(C)CNC(=O)c1cccc(F)n1. The monoisotopic (exact) mass is 212 g/mol. The number of pyridine rings is 1. The third-order valence-corrected chi connectivity index (χ3v) is 1.90. The summed E-state index contributed by atoms with van der Waals surface area (Å²) < 4.78 is 17.6. The van der Waals surface area contributed by atoms with E-state index in [2.05, 4.69) is 10.3 Å². The number of hydrogen-bond acceptors (Lipinski definition) is 3. The van der Waals surface area contributed by atoms with Crippen molar-refractivity contribution in [1.82, 2.24) is 10.3 Å². The van der Waals surface area contributed by atoms with Crippen molar-refractivity contribution in [1.29, 1.82) is 0 Å². The van der Waals surface area contributed by atoms with Crippen LogP contribution in [-0.2, 0) is 4.74 Å². The van der Waals surface area contributed by atoms with Gasteiger partial charge in [0.15, 0.2) is 0 Å². The van der Waals surface area contributed by atoms with Crippen LogP contribution in [0.5, 0.6) is 0 Å². The summed E-state index contributed by atoms with van der Waals surface area (Å²) in [6.45, 7) is 2.19. The van der Waals surface area contributed by atoms with Gasteiger partial charge in [0.2, 0.25) is 5.95 Å². The van der Waals surface area contributed by atoms with E-state index in [1.54, 1.807) is 7.11 Å². The van der Waals surface area contributed by atoms with Gasteiger partial charge in [0, 0.05) is 13.7 Å². The zero-order valence-corrected chi connectivity index (χ0v) is 8.66. The van der Waals surface area contributed by atoms with Gasteiger partial charge >= 0.3 is 0 Å². The number of carbonyl (C=O) groups is 1. The first kappa shape index (κ1) is 11.6. The van der Waals surface area contributed by atoms with E-state index in [0.717, 1.165) is 0 Å². The van der Waals surface area contributed by atoms with Gasteiger partial charge in [0.25, 0.3) is 5.91 Å². The molecule has 1 amide bonds. The molecule has 0 aliphatic heterocycles. The molecule has 0 aromatic carbocycles. The van der Waals surface area contributed by atoms with Gasteiger partial charge in [-0.3, -0.25) is 4.79 Å². The molecule has 1 N–H and O–H groups in total. The van der Waals surface area contributed by atoms with Gasteiger partial charge in [-0.2, -0.15) is 4.39 Å². The van der Waals surface area contributed by atoms with E-state index < -0.39 is 11.9 Å². The molecule has 5 heteroatoms. The van der Waals surface area contributed by atoms with Crippen molar-refractivity contribution >= 4 is 5.91 Å². The first-order chi connectivity index (χ1) is 7.13. The number of carbonyl (C=O) groups excluding carboxylic acids is 1. The van der Waals surface area contributed by atoms with Gasteiger partial charge in [0.1, 0.15) is 5.69 Å². The minimum Gasteiger partial charge on any atom is -0.380 e. The van der Waals surface area contributed by atoms with Crippen molar-refractivity contribution in [3.63, 3.8) is 0 Å². The first-order valence-corrected chi connectivity index (χ1v) is 4.57.